The van der Waals surface area contributed by atoms with Gasteiger partial charge in [0.1, 0.15) is 6.04 Å². The molecule has 0 saturated carbocycles. The van der Waals surface area contributed by atoms with Crippen molar-refractivity contribution in [2.75, 3.05) is 7.11 Å². The third-order valence-corrected chi connectivity index (χ3v) is 3.42. The average molecular weight is 357 g/mol. The van der Waals surface area contributed by atoms with Gasteiger partial charge in [-0.2, -0.15) is 13.2 Å². The number of nitrogens with one attached hydrogen (secondary N) is 1. The van der Waals surface area contributed by atoms with E-state index in [0.29, 0.717) is 12.8 Å². The number of rotatable bonds is 7. The number of benzene rings is 1. The monoisotopic (exact) mass is 357 g/mol. The number of ether oxygens (including phenoxy) is 1. The predicted molar refractivity (Wildman–Crippen MR) is 83.0 cm³/mol. The number of terminal acetylenes is 1. The van der Waals surface area contributed by atoms with E-state index >= 15 is 0 Å². The number of amides is 1. The molecule has 1 aromatic rings. The summed E-state index contributed by atoms with van der Waals surface area (Å²) in [7, 11) is 1.15. The van der Waals surface area contributed by atoms with Crippen LogP contribution in [0.4, 0.5) is 13.2 Å². The number of halogens is 3. The van der Waals surface area contributed by atoms with Crippen LogP contribution in [-0.2, 0) is 20.5 Å². The minimum Gasteiger partial charge on any atom is -0.467 e. The van der Waals surface area contributed by atoms with Crippen LogP contribution in [0.3, 0.4) is 0 Å². The van der Waals surface area contributed by atoms with Gasteiger partial charge in [-0.15, -0.1) is 12.3 Å². The Morgan fingerprint density at radius 2 is 1.92 bits per heavy atom. The molecular weight excluding hydrogens is 339 g/mol. The smallest absolute Gasteiger partial charge is 0.416 e. The Hall–Kier alpha value is -2.53. The second-order valence-electron chi connectivity index (χ2n) is 5.20. The highest BCUT2D eigenvalue weighted by Crippen LogP contribution is 2.30. The molecule has 5 nitrogen and oxygen atoms in total. The van der Waals surface area contributed by atoms with Crippen molar-refractivity contribution in [3.63, 3.8) is 0 Å². The van der Waals surface area contributed by atoms with Crippen molar-refractivity contribution in [2.45, 2.75) is 37.6 Å². The van der Waals surface area contributed by atoms with Crippen molar-refractivity contribution >= 4 is 11.9 Å². The first-order chi connectivity index (χ1) is 11.7. The largest absolute Gasteiger partial charge is 0.467 e. The van der Waals surface area contributed by atoms with E-state index in [1.807, 2.05) is 0 Å². The number of hydrogen-bond acceptors (Lipinski definition) is 4. The number of esters is 1. The third kappa shape index (κ3) is 6.12. The highest BCUT2D eigenvalue weighted by molar-refractivity contribution is 5.87. The van der Waals surface area contributed by atoms with Crippen molar-refractivity contribution in [3.05, 3.63) is 35.4 Å². The quantitative estimate of drug-likeness (QED) is 0.446. The molecule has 0 fully saturated rings. The fourth-order valence-electron chi connectivity index (χ4n) is 2.06. The standard InChI is InChI=1S/C17H18F3NO4/c1-3-4-5-6-13(16(24)25-2)21-15(23)14(22)11-7-9-12(10-8-11)17(18,19)20/h1,7-10,13-14,22H,4-6H2,2H3,(H,21,23)/t13-,14-/m1/s1. The number of unbranched alkanes of at least 4 members (excludes halogenated alkanes) is 1. The fourth-order valence-corrected chi connectivity index (χ4v) is 2.06. The maximum absolute atomic E-state index is 12.5. The molecule has 0 bridgehead atoms. The minimum atomic E-state index is -4.52. The van der Waals surface area contributed by atoms with Crippen LogP contribution in [0.15, 0.2) is 24.3 Å². The molecule has 0 aliphatic heterocycles. The summed E-state index contributed by atoms with van der Waals surface area (Å²) in [5.41, 5.74) is -0.927. The average Bonchev–Trinajstić information content (AvgIpc) is 2.58. The zero-order valence-electron chi connectivity index (χ0n) is 13.5. The first kappa shape index (κ1) is 20.5. The van der Waals surface area contributed by atoms with E-state index in [1.54, 1.807) is 0 Å². The van der Waals surface area contributed by atoms with Crippen LogP contribution in [0, 0.1) is 12.3 Å². The number of carbonyl (C=O) groups is 2. The fraction of sp³-hybridized carbons (Fsp3) is 0.412. The second-order valence-corrected chi connectivity index (χ2v) is 5.20. The summed E-state index contributed by atoms with van der Waals surface area (Å²) in [4.78, 5) is 23.7. The Morgan fingerprint density at radius 1 is 1.32 bits per heavy atom. The lowest BCUT2D eigenvalue weighted by Gasteiger charge is -2.19. The van der Waals surface area contributed by atoms with Crippen LogP contribution in [0.25, 0.3) is 0 Å². The Balaban J connectivity index is 2.79. The number of methoxy groups -OCH3 is 1. The second kappa shape index (κ2) is 9.08. The van der Waals surface area contributed by atoms with Crippen LogP contribution in [0.2, 0.25) is 0 Å². The molecule has 0 aromatic heterocycles. The van der Waals surface area contributed by atoms with Gasteiger partial charge in [-0.3, -0.25) is 4.79 Å². The SMILES string of the molecule is C#CCCC[C@@H](NC(=O)[C@H](O)c1ccc(C(F)(F)F)cc1)C(=O)OC. The molecule has 1 rings (SSSR count). The Bertz CT molecular complexity index is 635. The molecule has 0 unspecified atom stereocenters. The zero-order valence-corrected chi connectivity index (χ0v) is 13.5. The molecule has 0 heterocycles. The summed E-state index contributed by atoms with van der Waals surface area (Å²) >= 11 is 0. The topological polar surface area (TPSA) is 75.6 Å². The Morgan fingerprint density at radius 3 is 2.40 bits per heavy atom. The third-order valence-electron chi connectivity index (χ3n) is 3.42. The van der Waals surface area contributed by atoms with Gasteiger partial charge < -0.3 is 15.2 Å². The minimum absolute atomic E-state index is 0.0299. The van der Waals surface area contributed by atoms with E-state index < -0.39 is 35.8 Å². The number of alkyl halides is 3. The van der Waals surface area contributed by atoms with Gasteiger partial charge >= 0.3 is 12.1 Å². The van der Waals surface area contributed by atoms with Crippen molar-refractivity contribution < 1.29 is 32.6 Å². The molecule has 0 spiro atoms. The van der Waals surface area contributed by atoms with E-state index in [9.17, 15) is 27.9 Å². The van der Waals surface area contributed by atoms with Crippen LogP contribution in [0.5, 0.6) is 0 Å². The van der Waals surface area contributed by atoms with E-state index in [0.717, 1.165) is 31.4 Å². The molecule has 2 N–H and O–H groups in total. The molecule has 8 heteroatoms. The maximum atomic E-state index is 12.5. The van der Waals surface area contributed by atoms with Gasteiger partial charge in [0.2, 0.25) is 0 Å². The van der Waals surface area contributed by atoms with Gasteiger partial charge in [0.25, 0.3) is 5.91 Å². The van der Waals surface area contributed by atoms with Gasteiger partial charge in [0.05, 0.1) is 12.7 Å². The lowest BCUT2D eigenvalue weighted by atomic mass is 10.0. The molecule has 2 atom stereocenters. The van der Waals surface area contributed by atoms with Crippen LogP contribution < -0.4 is 5.32 Å². The first-order valence-corrected chi connectivity index (χ1v) is 7.37. The summed E-state index contributed by atoms with van der Waals surface area (Å²) in [5, 5.41) is 12.3. The van der Waals surface area contributed by atoms with E-state index in [-0.39, 0.29) is 12.0 Å². The lowest BCUT2D eigenvalue weighted by molar-refractivity contribution is -0.146. The lowest BCUT2D eigenvalue weighted by Crippen LogP contribution is -2.43. The van der Waals surface area contributed by atoms with E-state index in [2.05, 4.69) is 16.0 Å². The number of carbonyl (C=O) groups excluding carboxylic acids is 2. The van der Waals surface area contributed by atoms with Crippen molar-refractivity contribution in [1.82, 2.24) is 5.32 Å². The zero-order chi connectivity index (χ0) is 19.0. The van der Waals surface area contributed by atoms with Gasteiger partial charge in [-0.05, 0) is 30.5 Å². The van der Waals surface area contributed by atoms with Crippen LogP contribution in [0.1, 0.15) is 36.5 Å². The number of aliphatic hydroxyl groups excluding tert-OH is 1. The summed E-state index contributed by atoms with van der Waals surface area (Å²) in [6.07, 6.45) is -0.0618. The van der Waals surface area contributed by atoms with E-state index in [4.69, 9.17) is 6.42 Å². The molecule has 25 heavy (non-hydrogen) atoms. The van der Waals surface area contributed by atoms with Crippen molar-refractivity contribution in [1.29, 1.82) is 0 Å². The molecular formula is C17H18F3NO4. The molecule has 1 amide bonds. The number of aliphatic hydroxyl groups is 1. The Labute approximate surface area is 143 Å². The Kier molecular flexibility index (Phi) is 7.45. The molecule has 0 aliphatic carbocycles. The van der Waals surface area contributed by atoms with E-state index in [1.165, 1.54) is 0 Å². The highest BCUT2D eigenvalue weighted by Gasteiger charge is 2.31. The molecule has 1 aromatic carbocycles. The summed E-state index contributed by atoms with van der Waals surface area (Å²) < 4.78 is 42.1. The normalized spacial score (nSPS) is 13.4. The molecule has 0 saturated heterocycles. The number of hydrogen-bond donors (Lipinski definition) is 2. The van der Waals surface area contributed by atoms with Gasteiger partial charge in [0.15, 0.2) is 6.10 Å². The van der Waals surface area contributed by atoms with Gasteiger partial charge in [-0.1, -0.05) is 12.1 Å². The van der Waals surface area contributed by atoms with Crippen molar-refractivity contribution in [2.24, 2.45) is 0 Å². The first-order valence-electron chi connectivity index (χ1n) is 7.37. The predicted octanol–water partition coefficient (Wildman–Crippen LogP) is 2.20. The van der Waals surface area contributed by atoms with Crippen LogP contribution in [-0.4, -0.2) is 30.1 Å². The molecule has 0 radical (unpaired) electrons. The highest BCUT2D eigenvalue weighted by atomic mass is 19.4. The maximum Gasteiger partial charge on any atom is 0.416 e. The summed E-state index contributed by atoms with van der Waals surface area (Å²) in [6.45, 7) is 0. The summed E-state index contributed by atoms with van der Waals surface area (Å²) in [5.74, 6) is 0.769. The van der Waals surface area contributed by atoms with Gasteiger partial charge in [-0.25, -0.2) is 4.79 Å². The summed E-state index contributed by atoms with van der Waals surface area (Å²) in [6, 6.07) is 2.51. The van der Waals surface area contributed by atoms with Crippen LogP contribution >= 0.6 is 0 Å². The van der Waals surface area contributed by atoms with Crippen molar-refractivity contribution in [3.8, 4) is 12.3 Å². The molecule has 136 valence electrons. The molecule has 0 aliphatic rings. The van der Waals surface area contributed by atoms with Gasteiger partial charge in [0, 0.05) is 6.42 Å².